The highest BCUT2D eigenvalue weighted by atomic mass is 16.7. The minimum Gasteiger partial charge on any atom is -0.480 e. The lowest BCUT2D eigenvalue weighted by atomic mass is 10.6. The number of aliphatic carboxylic acids is 1. The second-order valence-electron chi connectivity index (χ2n) is 2.25. The fraction of sp³-hybridized carbons (Fsp3) is 0.750. The predicted molar refractivity (Wildman–Crippen MR) is 28.7 cm³/mol. The molecule has 7 nitrogen and oxygen atoms in total. The van der Waals surface area contributed by atoms with E-state index in [1.165, 1.54) is 0 Å². The third-order valence-electron chi connectivity index (χ3n) is 1.45. The molecule has 1 aliphatic rings. The highest BCUT2D eigenvalue weighted by Gasteiger charge is 2.76. The van der Waals surface area contributed by atoms with Gasteiger partial charge >= 0.3 is 17.8 Å². The van der Waals surface area contributed by atoms with E-state index >= 15 is 0 Å². The van der Waals surface area contributed by atoms with Gasteiger partial charge in [0, 0.05) is 0 Å². The molecular formula is C4H7NO6. The van der Waals surface area contributed by atoms with Crippen molar-refractivity contribution in [2.75, 3.05) is 6.54 Å². The maximum Gasteiger partial charge on any atom is 0.318 e. The molecule has 64 valence electrons. The normalized spacial score (nSPS) is 26.5. The van der Waals surface area contributed by atoms with Crippen LogP contribution in [0, 0.1) is 0 Å². The zero-order valence-corrected chi connectivity index (χ0v) is 5.30. The molecule has 0 saturated carbocycles. The molecule has 0 aliphatic carbocycles. The van der Waals surface area contributed by atoms with E-state index in [9.17, 15) is 4.79 Å². The average Bonchev–Trinajstić information content (AvgIpc) is 2.11. The van der Waals surface area contributed by atoms with Gasteiger partial charge in [0.1, 0.15) is 6.54 Å². The maximum absolute atomic E-state index is 9.94. The van der Waals surface area contributed by atoms with E-state index in [1.807, 2.05) is 0 Å². The third kappa shape index (κ3) is 0.988. The van der Waals surface area contributed by atoms with Crippen molar-refractivity contribution in [2.24, 2.45) is 0 Å². The summed E-state index contributed by atoms with van der Waals surface area (Å²) in [6.45, 7) is -0.847. The lowest BCUT2D eigenvalue weighted by molar-refractivity contribution is -0.207. The number of rotatable bonds is 2. The molecule has 7 heteroatoms. The Morgan fingerprint density at radius 3 is 1.64 bits per heavy atom. The van der Waals surface area contributed by atoms with E-state index in [-0.39, 0.29) is 4.90 Å². The van der Waals surface area contributed by atoms with Crippen molar-refractivity contribution in [3.05, 3.63) is 0 Å². The van der Waals surface area contributed by atoms with E-state index in [2.05, 4.69) is 0 Å². The van der Waals surface area contributed by atoms with Gasteiger partial charge in [-0.3, -0.25) is 4.79 Å². The minimum atomic E-state index is -2.84. The molecule has 1 aliphatic heterocycles. The Hall–Kier alpha value is -0.730. The molecule has 1 saturated heterocycles. The molecule has 0 atom stereocenters. The van der Waals surface area contributed by atoms with Crippen LogP contribution in [0.1, 0.15) is 0 Å². The molecule has 0 aromatic rings. The molecule has 0 unspecified atom stereocenters. The number of hydrogen-bond donors (Lipinski definition) is 5. The first kappa shape index (κ1) is 8.37. The largest absolute Gasteiger partial charge is 0.480 e. The van der Waals surface area contributed by atoms with Crippen LogP contribution in [-0.2, 0) is 4.79 Å². The van der Waals surface area contributed by atoms with Crippen molar-refractivity contribution in [1.82, 2.24) is 4.90 Å². The number of carbonyl (C=O) groups is 1. The summed E-state index contributed by atoms with van der Waals surface area (Å²) < 4.78 is 0. The summed E-state index contributed by atoms with van der Waals surface area (Å²) in [5, 5.41) is 42.4. The van der Waals surface area contributed by atoms with E-state index < -0.39 is 24.3 Å². The van der Waals surface area contributed by atoms with Crippen LogP contribution in [-0.4, -0.2) is 54.8 Å². The van der Waals surface area contributed by atoms with Crippen LogP contribution >= 0.6 is 0 Å². The summed E-state index contributed by atoms with van der Waals surface area (Å²) in [5.41, 5.74) is 0. The van der Waals surface area contributed by atoms with E-state index in [1.54, 1.807) is 0 Å². The van der Waals surface area contributed by atoms with Gasteiger partial charge in [-0.15, -0.1) is 0 Å². The van der Waals surface area contributed by atoms with Crippen molar-refractivity contribution < 1.29 is 30.3 Å². The first-order chi connectivity index (χ1) is 4.80. The van der Waals surface area contributed by atoms with Crippen LogP contribution < -0.4 is 0 Å². The Morgan fingerprint density at radius 1 is 1.18 bits per heavy atom. The Balaban J connectivity index is 2.61. The monoisotopic (exact) mass is 165 g/mol. The number of hydrogen-bond acceptors (Lipinski definition) is 6. The molecule has 1 rings (SSSR count). The Labute approximate surface area is 60.7 Å². The summed E-state index contributed by atoms with van der Waals surface area (Å²) in [4.78, 5) is 10.1. The zero-order chi connectivity index (χ0) is 8.86. The Kier molecular flexibility index (Phi) is 1.44. The number of carboxylic acid groups (broad SMARTS) is 1. The molecule has 0 amide bonds. The van der Waals surface area contributed by atoms with E-state index in [4.69, 9.17) is 25.5 Å². The molecule has 1 heterocycles. The third-order valence-corrected chi connectivity index (χ3v) is 1.45. The fourth-order valence-electron chi connectivity index (χ4n) is 0.722. The standard InChI is InChI=1S/C4H7NO6/c6-2(7)1-5-3(8,9)4(5,10)11/h8-11H,1H2,(H,6,7). The highest BCUT2D eigenvalue weighted by Crippen LogP contribution is 2.42. The van der Waals surface area contributed by atoms with Gasteiger partial charge in [-0.1, -0.05) is 0 Å². The first-order valence-corrected chi connectivity index (χ1v) is 2.69. The van der Waals surface area contributed by atoms with Gasteiger partial charge < -0.3 is 25.5 Å². The maximum atomic E-state index is 9.94. The smallest absolute Gasteiger partial charge is 0.318 e. The van der Waals surface area contributed by atoms with Crippen LogP contribution in [0.5, 0.6) is 0 Å². The number of nitrogens with zero attached hydrogens (tertiary/aromatic N) is 1. The zero-order valence-electron chi connectivity index (χ0n) is 5.30. The van der Waals surface area contributed by atoms with Crippen molar-refractivity contribution in [2.45, 2.75) is 11.8 Å². The van der Waals surface area contributed by atoms with Crippen LogP contribution in [0.3, 0.4) is 0 Å². The number of carboxylic acids is 1. The second kappa shape index (κ2) is 1.90. The summed E-state index contributed by atoms with van der Waals surface area (Å²) in [6, 6.07) is 0. The van der Waals surface area contributed by atoms with E-state index in [0.717, 1.165) is 0 Å². The molecule has 0 aromatic heterocycles. The SMILES string of the molecule is O=C(O)CN1C(O)(O)C1(O)O. The van der Waals surface area contributed by atoms with Gasteiger partial charge in [0.15, 0.2) is 0 Å². The van der Waals surface area contributed by atoms with Gasteiger partial charge in [0.05, 0.1) is 0 Å². The van der Waals surface area contributed by atoms with Gasteiger partial charge in [-0.2, -0.15) is 4.90 Å². The van der Waals surface area contributed by atoms with Gasteiger partial charge in [0.25, 0.3) is 0 Å². The topological polar surface area (TPSA) is 121 Å². The Bertz CT molecular complexity index is 185. The second-order valence-corrected chi connectivity index (χ2v) is 2.25. The summed E-state index contributed by atoms with van der Waals surface area (Å²) in [5.74, 6) is -7.07. The van der Waals surface area contributed by atoms with Crippen molar-refractivity contribution in [1.29, 1.82) is 0 Å². The average molecular weight is 165 g/mol. The van der Waals surface area contributed by atoms with Crippen molar-refractivity contribution in [3.63, 3.8) is 0 Å². The summed E-state index contributed by atoms with van der Waals surface area (Å²) in [6.07, 6.45) is 0. The van der Waals surface area contributed by atoms with Crippen LogP contribution in [0.15, 0.2) is 0 Å². The van der Waals surface area contributed by atoms with Gasteiger partial charge in [-0.05, 0) is 0 Å². The van der Waals surface area contributed by atoms with Gasteiger partial charge in [0.2, 0.25) is 0 Å². The molecule has 0 radical (unpaired) electrons. The molecule has 0 aromatic carbocycles. The first-order valence-electron chi connectivity index (χ1n) is 2.69. The summed E-state index contributed by atoms with van der Waals surface area (Å²) >= 11 is 0. The minimum absolute atomic E-state index is 0.197. The highest BCUT2D eigenvalue weighted by molar-refractivity contribution is 5.69. The molecule has 11 heavy (non-hydrogen) atoms. The van der Waals surface area contributed by atoms with Crippen molar-refractivity contribution in [3.8, 4) is 0 Å². The Morgan fingerprint density at radius 2 is 1.55 bits per heavy atom. The van der Waals surface area contributed by atoms with Crippen LogP contribution in [0.25, 0.3) is 0 Å². The molecule has 1 fully saturated rings. The van der Waals surface area contributed by atoms with Crippen molar-refractivity contribution >= 4 is 5.97 Å². The fourth-order valence-corrected chi connectivity index (χ4v) is 0.722. The van der Waals surface area contributed by atoms with Crippen LogP contribution in [0.2, 0.25) is 0 Å². The molecular weight excluding hydrogens is 158 g/mol. The lowest BCUT2D eigenvalue weighted by Crippen LogP contribution is -2.23. The number of aliphatic hydroxyl groups is 4. The predicted octanol–water partition coefficient (Wildman–Crippen LogP) is -3.34. The molecule has 5 N–H and O–H groups in total. The van der Waals surface area contributed by atoms with E-state index in [0.29, 0.717) is 0 Å². The van der Waals surface area contributed by atoms with Crippen LogP contribution in [0.4, 0.5) is 0 Å². The molecule has 0 bridgehead atoms. The lowest BCUT2D eigenvalue weighted by Gasteiger charge is -1.95. The quantitative estimate of drug-likeness (QED) is 0.214. The molecule has 0 spiro atoms. The summed E-state index contributed by atoms with van der Waals surface area (Å²) in [7, 11) is 0. The van der Waals surface area contributed by atoms with Gasteiger partial charge in [-0.25, -0.2) is 0 Å².